The van der Waals surface area contributed by atoms with E-state index >= 15 is 0 Å². The molecule has 0 aliphatic rings. The van der Waals surface area contributed by atoms with Gasteiger partial charge >= 0.3 is 0 Å². The van der Waals surface area contributed by atoms with Crippen LogP contribution in [0.15, 0.2) is 47.3 Å². The van der Waals surface area contributed by atoms with Crippen molar-refractivity contribution in [2.45, 2.75) is 6.92 Å². The summed E-state index contributed by atoms with van der Waals surface area (Å²) in [5.41, 5.74) is 6.84. The molecule has 0 saturated carbocycles. The number of fused-ring (bicyclic) bond motifs is 1. The molecule has 3 rings (SSSR count). The summed E-state index contributed by atoms with van der Waals surface area (Å²) >= 11 is 0. The molecule has 4 nitrogen and oxygen atoms in total. The number of nitrogens with two attached hydrogens (primary N) is 1. The molecule has 0 aliphatic heterocycles. The van der Waals surface area contributed by atoms with Crippen molar-refractivity contribution in [2.75, 3.05) is 5.73 Å². The van der Waals surface area contributed by atoms with E-state index in [2.05, 4.69) is 9.97 Å². The van der Waals surface area contributed by atoms with Crippen molar-refractivity contribution < 1.29 is 0 Å². The Bertz CT molecular complexity index is 821. The third-order valence-corrected chi connectivity index (χ3v) is 3.21. The lowest BCUT2D eigenvalue weighted by atomic mass is 10.1. The van der Waals surface area contributed by atoms with Gasteiger partial charge in [-0.05, 0) is 23.8 Å². The van der Waals surface area contributed by atoms with E-state index in [0.29, 0.717) is 11.4 Å². The maximum absolute atomic E-state index is 11.7. The molecule has 0 saturated heterocycles. The molecule has 0 fully saturated rings. The molecule has 0 amide bonds. The van der Waals surface area contributed by atoms with Gasteiger partial charge in [-0.3, -0.25) is 4.79 Å². The summed E-state index contributed by atoms with van der Waals surface area (Å²) in [6.07, 6.45) is 0. The Morgan fingerprint density at radius 2 is 1.84 bits per heavy atom. The second-order valence-electron chi connectivity index (χ2n) is 4.49. The first-order chi connectivity index (χ1) is 9.15. The molecule has 0 spiro atoms. The number of aromatic amines is 1. The SMILES string of the molecule is Cc1c(N)nc(-c2ccc3ccccc3c2)[nH]c1=O. The van der Waals surface area contributed by atoms with Gasteiger partial charge in [0.2, 0.25) is 0 Å². The second-order valence-corrected chi connectivity index (χ2v) is 4.49. The Hall–Kier alpha value is -2.62. The third kappa shape index (κ3) is 1.97. The summed E-state index contributed by atoms with van der Waals surface area (Å²) in [7, 11) is 0. The molecule has 0 radical (unpaired) electrons. The Labute approximate surface area is 109 Å². The van der Waals surface area contributed by atoms with Gasteiger partial charge in [0.15, 0.2) is 0 Å². The third-order valence-electron chi connectivity index (χ3n) is 3.21. The summed E-state index contributed by atoms with van der Waals surface area (Å²) in [5.74, 6) is 0.769. The first-order valence-corrected chi connectivity index (χ1v) is 6.01. The van der Waals surface area contributed by atoms with Crippen molar-refractivity contribution >= 4 is 16.6 Å². The molecule has 3 N–H and O–H groups in total. The molecule has 3 aromatic rings. The molecule has 1 aromatic heterocycles. The zero-order valence-electron chi connectivity index (χ0n) is 10.5. The van der Waals surface area contributed by atoms with Crippen molar-refractivity contribution in [1.29, 1.82) is 0 Å². The van der Waals surface area contributed by atoms with Crippen LogP contribution in [-0.4, -0.2) is 9.97 Å². The summed E-state index contributed by atoms with van der Waals surface area (Å²) in [4.78, 5) is 18.7. The highest BCUT2D eigenvalue weighted by Gasteiger charge is 2.06. The maximum Gasteiger partial charge on any atom is 0.256 e. The minimum Gasteiger partial charge on any atom is -0.383 e. The van der Waals surface area contributed by atoms with Crippen LogP contribution >= 0.6 is 0 Å². The smallest absolute Gasteiger partial charge is 0.256 e. The Balaban J connectivity index is 2.22. The van der Waals surface area contributed by atoms with Crippen LogP contribution in [0.5, 0.6) is 0 Å². The Morgan fingerprint density at radius 1 is 1.11 bits per heavy atom. The molecule has 0 bridgehead atoms. The summed E-state index contributed by atoms with van der Waals surface area (Å²) < 4.78 is 0. The van der Waals surface area contributed by atoms with Crippen molar-refractivity contribution in [1.82, 2.24) is 9.97 Å². The zero-order valence-corrected chi connectivity index (χ0v) is 10.5. The summed E-state index contributed by atoms with van der Waals surface area (Å²) in [6, 6.07) is 13.9. The van der Waals surface area contributed by atoms with Crippen LogP contribution in [0.2, 0.25) is 0 Å². The second kappa shape index (κ2) is 4.24. The zero-order chi connectivity index (χ0) is 13.4. The van der Waals surface area contributed by atoms with Crippen molar-refractivity contribution in [2.24, 2.45) is 0 Å². The number of aromatic nitrogens is 2. The molecule has 2 aromatic carbocycles. The van der Waals surface area contributed by atoms with Crippen molar-refractivity contribution in [3.8, 4) is 11.4 Å². The highest BCUT2D eigenvalue weighted by Crippen LogP contribution is 2.21. The van der Waals surface area contributed by atoms with Gasteiger partial charge in [0.1, 0.15) is 11.6 Å². The number of nitrogens with zero attached hydrogens (tertiary/aromatic N) is 1. The fourth-order valence-electron chi connectivity index (χ4n) is 2.02. The number of nitrogens with one attached hydrogen (secondary N) is 1. The Morgan fingerprint density at radius 3 is 2.58 bits per heavy atom. The van der Waals surface area contributed by atoms with E-state index < -0.39 is 0 Å². The average molecular weight is 251 g/mol. The van der Waals surface area contributed by atoms with Crippen LogP contribution in [0.1, 0.15) is 5.56 Å². The van der Waals surface area contributed by atoms with Gasteiger partial charge in [0.05, 0.1) is 5.56 Å². The lowest BCUT2D eigenvalue weighted by Crippen LogP contribution is -2.15. The topological polar surface area (TPSA) is 71.8 Å². The number of hydrogen-bond acceptors (Lipinski definition) is 3. The van der Waals surface area contributed by atoms with Gasteiger partial charge in [-0.25, -0.2) is 4.98 Å². The predicted octanol–water partition coefficient (Wildman–Crippen LogP) is 2.48. The minimum absolute atomic E-state index is 0.198. The Kier molecular flexibility index (Phi) is 2.56. The van der Waals surface area contributed by atoms with Crippen LogP contribution in [0, 0.1) is 6.92 Å². The predicted molar refractivity (Wildman–Crippen MR) is 76.9 cm³/mol. The molecular weight excluding hydrogens is 238 g/mol. The van der Waals surface area contributed by atoms with E-state index in [-0.39, 0.29) is 11.4 Å². The number of rotatable bonds is 1. The van der Waals surface area contributed by atoms with E-state index in [9.17, 15) is 4.79 Å². The fourth-order valence-corrected chi connectivity index (χ4v) is 2.02. The van der Waals surface area contributed by atoms with E-state index in [1.165, 1.54) is 0 Å². The normalized spacial score (nSPS) is 10.8. The highest BCUT2D eigenvalue weighted by atomic mass is 16.1. The number of hydrogen-bond donors (Lipinski definition) is 2. The van der Waals surface area contributed by atoms with Gasteiger partial charge in [-0.2, -0.15) is 0 Å². The molecule has 0 aliphatic carbocycles. The van der Waals surface area contributed by atoms with Crippen LogP contribution in [0.25, 0.3) is 22.2 Å². The first-order valence-electron chi connectivity index (χ1n) is 6.01. The van der Waals surface area contributed by atoms with Crippen LogP contribution in [0.3, 0.4) is 0 Å². The lowest BCUT2D eigenvalue weighted by Gasteiger charge is -2.05. The summed E-state index contributed by atoms with van der Waals surface area (Å²) in [5, 5.41) is 2.25. The van der Waals surface area contributed by atoms with E-state index in [4.69, 9.17) is 5.73 Å². The molecule has 0 unspecified atom stereocenters. The average Bonchev–Trinajstić information content (AvgIpc) is 2.43. The summed E-state index contributed by atoms with van der Waals surface area (Å²) in [6.45, 7) is 1.66. The molecule has 94 valence electrons. The largest absolute Gasteiger partial charge is 0.383 e. The fraction of sp³-hybridized carbons (Fsp3) is 0.0667. The molecular formula is C15H13N3O. The maximum atomic E-state index is 11.7. The van der Waals surface area contributed by atoms with Crippen LogP contribution in [0.4, 0.5) is 5.82 Å². The number of benzene rings is 2. The first kappa shape index (κ1) is 11.5. The van der Waals surface area contributed by atoms with Gasteiger partial charge in [0, 0.05) is 5.56 Å². The molecule has 0 atom stereocenters. The van der Waals surface area contributed by atoms with E-state index in [1.54, 1.807) is 6.92 Å². The lowest BCUT2D eigenvalue weighted by molar-refractivity contribution is 1.10. The minimum atomic E-state index is -0.198. The number of anilines is 1. The van der Waals surface area contributed by atoms with Crippen molar-refractivity contribution in [3.63, 3.8) is 0 Å². The monoisotopic (exact) mass is 251 g/mol. The van der Waals surface area contributed by atoms with E-state index in [0.717, 1.165) is 16.3 Å². The number of H-pyrrole nitrogens is 1. The highest BCUT2D eigenvalue weighted by molar-refractivity contribution is 5.86. The van der Waals surface area contributed by atoms with Gasteiger partial charge in [-0.1, -0.05) is 36.4 Å². The van der Waals surface area contributed by atoms with Crippen LogP contribution in [-0.2, 0) is 0 Å². The van der Waals surface area contributed by atoms with Gasteiger partial charge < -0.3 is 10.7 Å². The van der Waals surface area contributed by atoms with Crippen LogP contribution < -0.4 is 11.3 Å². The van der Waals surface area contributed by atoms with Gasteiger partial charge in [-0.15, -0.1) is 0 Å². The van der Waals surface area contributed by atoms with Gasteiger partial charge in [0.25, 0.3) is 5.56 Å². The molecule has 4 heteroatoms. The standard InChI is InChI=1S/C15H13N3O/c1-9-13(16)17-14(18-15(9)19)12-7-6-10-4-2-3-5-11(10)8-12/h2-8H,1H3,(H3,16,17,18,19). The van der Waals surface area contributed by atoms with E-state index in [1.807, 2.05) is 42.5 Å². The number of nitrogen functional groups attached to an aromatic ring is 1. The quantitative estimate of drug-likeness (QED) is 0.698. The molecule has 1 heterocycles. The van der Waals surface area contributed by atoms with Crippen molar-refractivity contribution in [3.05, 3.63) is 58.4 Å². The molecule has 19 heavy (non-hydrogen) atoms.